The van der Waals surface area contributed by atoms with Gasteiger partial charge < -0.3 is 36.1 Å². The van der Waals surface area contributed by atoms with Gasteiger partial charge in [-0.25, -0.2) is 0 Å². The van der Waals surface area contributed by atoms with Gasteiger partial charge in [-0.3, -0.25) is 4.79 Å². The Bertz CT molecular complexity index is 320. The highest BCUT2D eigenvalue weighted by Crippen LogP contribution is 2.02. The van der Waals surface area contributed by atoms with Crippen molar-refractivity contribution in [1.82, 2.24) is 0 Å². The number of aliphatic hydroxyl groups is 5. The lowest BCUT2D eigenvalue weighted by atomic mass is 10.0. The third-order valence-electron chi connectivity index (χ3n) is 1.71. The van der Waals surface area contributed by atoms with Gasteiger partial charge in [-0.1, -0.05) is 5.11 Å². The fraction of sp³-hybridized carbons (Fsp3) is 0.750. The molecule has 0 aromatic carbocycles. The van der Waals surface area contributed by atoms with Crippen molar-refractivity contribution in [2.45, 2.75) is 24.4 Å². The molecule has 0 saturated heterocycles. The van der Waals surface area contributed by atoms with E-state index < -0.39 is 36.9 Å². The van der Waals surface area contributed by atoms with Crippen molar-refractivity contribution in [2.75, 3.05) is 13.2 Å². The van der Waals surface area contributed by atoms with E-state index in [1.807, 2.05) is 0 Å². The Morgan fingerprint density at radius 1 is 1.32 bits per heavy atom. The van der Waals surface area contributed by atoms with Crippen LogP contribution in [0.3, 0.4) is 0 Å². The molecular weight excluding hydrogens is 264 g/mol. The lowest BCUT2D eigenvalue weighted by Crippen LogP contribution is -2.46. The van der Waals surface area contributed by atoms with Crippen LogP contribution in [0.2, 0.25) is 0 Å². The molecule has 110 valence electrons. The van der Waals surface area contributed by atoms with Crippen LogP contribution < -0.4 is 5.73 Å². The van der Waals surface area contributed by atoms with E-state index in [0.717, 1.165) is 0 Å². The van der Waals surface area contributed by atoms with E-state index >= 15 is 0 Å². The summed E-state index contributed by atoms with van der Waals surface area (Å²) in [6.07, 6.45) is -6.84. The fourth-order valence-electron chi connectivity index (χ4n) is 0.719. The number of nitrogens with zero attached hydrogens (tertiary/aromatic N) is 3. The number of nitrogens with two attached hydrogens (primary N) is 1. The second kappa shape index (κ2) is 11.3. The summed E-state index contributed by atoms with van der Waals surface area (Å²) in [5.74, 6) is -0.613. The summed E-state index contributed by atoms with van der Waals surface area (Å²) in [4.78, 5) is 21.9. The molecule has 0 aliphatic carbocycles. The minimum atomic E-state index is -1.79. The van der Waals surface area contributed by atoms with E-state index in [1.54, 1.807) is 0 Å². The molecule has 0 aromatic rings. The van der Waals surface area contributed by atoms with Crippen LogP contribution >= 0.6 is 0 Å². The van der Waals surface area contributed by atoms with Gasteiger partial charge in [-0.2, -0.15) is 0 Å². The highest BCUT2D eigenvalue weighted by Gasteiger charge is 2.29. The maximum atomic E-state index is 9.90. The molecule has 0 saturated carbocycles. The summed E-state index contributed by atoms with van der Waals surface area (Å²) in [5.41, 5.74) is 12.1. The first-order valence-corrected chi connectivity index (χ1v) is 4.89. The minimum Gasteiger partial charge on any atom is -0.394 e. The maximum absolute atomic E-state index is 9.90. The van der Waals surface area contributed by atoms with Gasteiger partial charge in [0.25, 0.3) is 0 Å². The van der Waals surface area contributed by atoms with Crippen LogP contribution in [0.15, 0.2) is 5.11 Å². The molecule has 0 radical (unpaired) electrons. The Morgan fingerprint density at radius 2 is 1.84 bits per heavy atom. The van der Waals surface area contributed by atoms with E-state index in [4.69, 9.17) is 31.1 Å². The van der Waals surface area contributed by atoms with Crippen LogP contribution in [0.25, 0.3) is 10.4 Å². The lowest BCUT2D eigenvalue weighted by molar-refractivity contribution is -0.136. The van der Waals surface area contributed by atoms with Crippen molar-refractivity contribution in [3.05, 3.63) is 10.4 Å². The highest BCUT2D eigenvalue weighted by atomic mass is 16.4. The molecular formula is C8H16N4O7. The van der Waals surface area contributed by atoms with Gasteiger partial charge in [0.05, 0.1) is 6.61 Å². The first kappa shape index (κ1) is 19.6. The number of hydrogen-bond donors (Lipinski definition) is 6. The fourth-order valence-corrected chi connectivity index (χ4v) is 0.719. The first-order valence-electron chi connectivity index (χ1n) is 4.89. The number of amides is 1. The Balaban J connectivity index is 0. The van der Waals surface area contributed by atoms with Crippen LogP contribution in [-0.4, -0.2) is 75.3 Å². The van der Waals surface area contributed by atoms with Crippen molar-refractivity contribution in [1.29, 1.82) is 0 Å². The Morgan fingerprint density at radius 3 is 2.11 bits per heavy atom. The standard InChI is InChI=1S/C6H12O6.C2H4N4O/c7-1-3(9)5(11)6(12)4(10)2-8;3-2(7)1-5-6-4/h1,3-6,8-12H,2H2;1H2,(H2,3,7). The molecule has 11 heteroatoms. The Hall–Kier alpha value is -1.75. The van der Waals surface area contributed by atoms with Gasteiger partial charge in [-0.15, -0.1) is 0 Å². The van der Waals surface area contributed by atoms with Gasteiger partial charge in [-0.05, 0) is 5.53 Å². The molecule has 0 spiro atoms. The van der Waals surface area contributed by atoms with Crippen molar-refractivity contribution >= 4 is 12.2 Å². The number of aldehydes is 1. The predicted molar refractivity (Wildman–Crippen MR) is 60.4 cm³/mol. The molecule has 7 N–H and O–H groups in total. The predicted octanol–water partition coefficient (Wildman–Crippen LogP) is -3.60. The number of carbonyl (C=O) groups excluding carboxylic acids is 2. The largest absolute Gasteiger partial charge is 0.394 e. The summed E-state index contributed by atoms with van der Waals surface area (Å²) in [5, 5.41) is 46.4. The van der Waals surface area contributed by atoms with Crippen LogP contribution in [0.4, 0.5) is 0 Å². The average Bonchev–Trinajstić information content (AvgIpc) is 2.42. The number of primary amides is 1. The molecule has 0 rings (SSSR count). The zero-order valence-electron chi connectivity index (χ0n) is 9.77. The summed E-state index contributed by atoms with van der Waals surface area (Å²) < 4.78 is 0. The van der Waals surface area contributed by atoms with Gasteiger partial charge >= 0.3 is 0 Å². The minimum absolute atomic E-state index is 0.0258. The number of azide groups is 1. The monoisotopic (exact) mass is 280 g/mol. The van der Waals surface area contributed by atoms with E-state index in [-0.39, 0.29) is 12.8 Å². The second-order valence-electron chi connectivity index (χ2n) is 3.21. The van der Waals surface area contributed by atoms with Gasteiger partial charge in [0, 0.05) is 4.91 Å². The molecule has 4 atom stereocenters. The molecule has 0 aliphatic heterocycles. The van der Waals surface area contributed by atoms with Crippen LogP contribution in [0.5, 0.6) is 0 Å². The molecule has 19 heavy (non-hydrogen) atoms. The SMILES string of the molecule is O=CC(O)C(O)C(O)C(O)CO.[N-]=[N+]=NCC(N)=O. The van der Waals surface area contributed by atoms with E-state index in [9.17, 15) is 9.59 Å². The summed E-state index contributed by atoms with van der Waals surface area (Å²) in [6, 6.07) is 0. The van der Waals surface area contributed by atoms with Crippen molar-refractivity contribution < 1.29 is 35.1 Å². The van der Waals surface area contributed by atoms with Crippen molar-refractivity contribution in [3.63, 3.8) is 0 Å². The average molecular weight is 280 g/mol. The molecule has 0 heterocycles. The van der Waals surface area contributed by atoms with E-state index in [1.165, 1.54) is 0 Å². The Kier molecular flexibility index (Phi) is 11.7. The molecule has 0 aliphatic rings. The van der Waals surface area contributed by atoms with Crippen LogP contribution in [0, 0.1) is 0 Å². The first-order chi connectivity index (χ1) is 8.81. The maximum Gasteiger partial charge on any atom is 0.223 e. The molecule has 0 aromatic heterocycles. The second-order valence-corrected chi connectivity index (χ2v) is 3.21. The topological polar surface area (TPSA) is 210 Å². The van der Waals surface area contributed by atoms with E-state index in [0.29, 0.717) is 0 Å². The van der Waals surface area contributed by atoms with Crippen LogP contribution in [-0.2, 0) is 9.59 Å². The van der Waals surface area contributed by atoms with Gasteiger partial charge in [0.1, 0.15) is 31.0 Å². The smallest absolute Gasteiger partial charge is 0.223 e. The third kappa shape index (κ3) is 9.91. The number of hydrogen-bond acceptors (Lipinski definition) is 8. The van der Waals surface area contributed by atoms with Crippen molar-refractivity contribution in [2.24, 2.45) is 10.8 Å². The van der Waals surface area contributed by atoms with Crippen molar-refractivity contribution in [3.8, 4) is 0 Å². The summed E-state index contributed by atoms with van der Waals surface area (Å²) >= 11 is 0. The van der Waals surface area contributed by atoms with E-state index in [2.05, 4.69) is 15.8 Å². The highest BCUT2D eigenvalue weighted by molar-refractivity contribution is 5.75. The molecule has 4 unspecified atom stereocenters. The summed E-state index contributed by atoms with van der Waals surface area (Å²) in [7, 11) is 0. The van der Waals surface area contributed by atoms with Crippen LogP contribution in [0.1, 0.15) is 0 Å². The normalized spacial score (nSPS) is 15.8. The molecule has 11 nitrogen and oxygen atoms in total. The Labute approximate surface area is 107 Å². The molecule has 1 amide bonds. The summed E-state index contributed by atoms with van der Waals surface area (Å²) in [6.45, 7) is -1.01. The van der Waals surface area contributed by atoms with Gasteiger partial charge in [0.2, 0.25) is 5.91 Å². The zero-order chi connectivity index (χ0) is 15.4. The zero-order valence-corrected chi connectivity index (χ0v) is 9.77. The lowest BCUT2D eigenvalue weighted by Gasteiger charge is -2.22. The molecule has 0 fully saturated rings. The number of rotatable bonds is 7. The molecule has 0 bridgehead atoms. The van der Waals surface area contributed by atoms with Gasteiger partial charge in [0.15, 0.2) is 6.29 Å². The number of carbonyl (C=O) groups is 2. The quantitative estimate of drug-likeness (QED) is 0.119. The third-order valence-corrected chi connectivity index (χ3v) is 1.71. The number of aliphatic hydroxyl groups excluding tert-OH is 5.